The fourth-order valence-corrected chi connectivity index (χ4v) is 7.84. The fourth-order valence-electron chi connectivity index (χ4n) is 7.84. The summed E-state index contributed by atoms with van der Waals surface area (Å²) >= 11 is 0. The number of rotatable bonds is 7. The first kappa shape index (κ1) is 30.5. The summed E-state index contributed by atoms with van der Waals surface area (Å²) in [6.45, 7) is 5.29. The number of alkyl halides is 3. The molecule has 4 aliphatic heterocycles. The molecule has 1 saturated carbocycles. The highest BCUT2D eigenvalue weighted by molar-refractivity contribution is 5.86. The molecule has 13 heteroatoms. The zero-order valence-corrected chi connectivity index (χ0v) is 24.7. The number of pyridine rings is 1. The topological polar surface area (TPSA) is 96.5 Å². The van der Waals surface area contributed by atoms with Crippen molar-refractivity contribution in [3.8, 4) is 0 Å². The molecule has 43 heavy (non-hydrogen) atoms. The van der Waals surface area contributed by atoms with Gasteiger partial charge in [-0.3, -0.25) is 14.7 Å². The van der Waals surface area contributed by atoms with E-state index in [0.717, 1.165) is 44.6 Å². The molecule has 5 heterocycles. The quantitative estimate of drug-likeness (QED) is 0.505. The first-order chi connectivity index (χ1) is 20.7. The SMILES string of the molecule is COC1COCCC1N[C@@H]1C[C@H]2CN(C(=O)OCCN3CCCC3)C[C@@]2(C(=O)N2CCc3ncc(C(F)(F)F)cc3C2)C1. The molecule has 1 aliphatic carbocycles. The van der Waals surface area contributed by atoms with E-state index in [1.807, 2.05) is 0 Å². The zero-order valence-electron chi connectivity index (χ0n) is 24.7. The molecule has 1 aromatic rings. The van der Waals surface area contributed by atoms with Crippen LogP contribution in [0.25, 0.3) is 0 Å². The smallest absolute Gasteiger partial charge is 0.417 e. The molecular weight excluding hydrogens is 567 g/mol. The molecule has 0 spiro atoms. The predicted molar refractivity (Wildman–Crippen MR) is 149 cm³/mol. The maximum atomic E-state index is 14.4. The van der Waals surface area contributed by atoms with Gasteiger partial charge in [-0.15, -0.1) is 0 Å². The third-order valence-corrected chi connectivity index (χ3v) is 10.1. The van der Waals surface area contributed by atoms with Crippen molar-refractivity contribution in [3.05, 3.63) is 29.1 Å². The lowest BCUT2D eigenvalue weighted by Gasteiger charge is -2.37. The largest absolute Gasteiger partial charge is 0.448 e. The number of likely N-dealkylation sites (tertiary alicyclic amines) is 2. The van der Waals surface area contributed by atoms with Gasteiger partial charge in [-0.1, -0.05) is 0 Å². The van der Waals surface area contributed by atoms with Gasteiger partial charge in [0.25, 0.3) is 0 Å². The van der Waals surface area contributed by atoms with Crippen LogP contribution >= 0.6 is 0 Å². The Labute approximate surface area is 250 Å². The molecule has 6 rings (SSSR count). The summed E-state index contributed by atoms with van der Waals surface area (Å²) in [5.41, 5.74) is -0.630. The number of aromatic nitrogens is 1. The van der Waals surface area contributed by atoms with Crippen molar-refractivity contribution in [2.75, 3.05) is 66.2 Å². The molecule has 1 aromatic heterocycles. The number of hydrogen-bond acceptors (Lipinski definition) is 8. The molecule has 2 unspecified atom stereocenters. The molecular formula is C30H42F3N5O5. The molecule has 10 nitrogen and oxygen atoms in total. The second-order valence-corrected chi connectivity index (χ2v) is 12.7. The summed E-state index contributed by atoms with van der Waals surface area (Å²) in [7, 11) is 1.67. The van der Waals surface area contributed by atoms with Crippen LogP contribution in [0.4, 0.5) is 18.0 Å². The van der Waals surface area contributed by atoms with Crippen LogP contribution in [0.5, 0.6) is 0 Å². The number of ether oxygens (including phenoxy) is 3. The van der Waals surface area contributed by atoms with Gasteiger partial charge < -0.3 is 29.3 Å². The number of fused-ring (bicyclic) bond motifs is 2. The number of halogens is 3. The van der Waals surface area contributed by atoms with Crippen LogP contribution in [0.3, 0.4) is 0 Å². The third-order valence-electron chi connectivity index (χ3n) is 10.1. The second-order valence-electron chi connectivity index (χ2n) is 12.7. The normalized spacial score (nSPS) is 31.3. The van der Waals surface area contributed by atoms with Crippen molar-refractivity contribution < 1.29 is 37.0 Å². The molecule has 238 valence electrons. The average molecular weight is 610 g/mol. The van der Waals surface area contributed by atoms with Crippen molar-refractivity contribution in [1.29, 1.82) is 0 Å². The number of amides is 2. The van der Waals surface area contributed by atoms with Crippen LogP contribution in [0.15, 0.2) is 12.3 Å². The Bertz CT molecular complexity index is 1180. The van der Waals surface area contributed by atoms with Crippen molar-refractivity contribution in [2.45, 2.75) is 69.4 Å². The molecule has 4 fully saturated rings. The van der Waals surface area contributed by atoms with Crippen molar-refractivity contribution in [1.82, 2.24) is 25.0 Å². The maximum Gasteiger partial charge on any atom is 0.417 e. The summed E-state index contributed by atoms with van der Waals surface area (Å²) in [6.07, 6.45) is 0.626. The molecule has 3 saturated heterocycles. The number of hydrogen-bond donors (Lipinski definition) is 1. The van der Waals surface area contributed by atoms with Crippen molar-refractivity contribution in [3.63, 3.8) is 0 Å². The van der Waals surface area contributed by atoms with E-state index in [0.29, 0.717) is 70.0 Å². The van der Waals surface area contributed by atoms with Crippen molar-refractivity contribution in [2.24, 2.45) is 11.3 Å². The van der Waals surface area contributed by atoms with Crippen LogP contribution < -0.4 is 5.32 Å². The van der Waals surface area contributed by atoms with E-state index >= 15 is 0 Å². The van der Waals surface area contributed by atoms with Gasteiger partial charge in [0.2, 0.25) is 5.91 Å². The monoisotopic (exact) mass is 609 g/mol. The van der Waals surface area contributed by atoms with E-state index in [9.17, 15) is 22.8 Å². The Hall–Kier alpha value is -2.48. The van der Waals surface area contributed by atoms with E-state index in [4.69, 9.17) is 14.2 Å². The summed E-state index contributed by atoms with van der Waals surface area (Å²) < 4.78 is 57.1. The van der Waals surface area contributed by atoms with Crippen LogP contribution in [-0.4, -0.2) is 116 Å². The van der Waals surface area contributed by atoms with Gasteiger partial charge >= 0.3 is 12.3 Å². The van der Waals surface area contributed by atoms with Gasteiger partial charge in [0.1, 0.15) is 6.61 Å². The summed E-state index contributed by atoms with van der Waals surface area (Å²) in [5, 5.41) is 3.73. The number of carbonyl (C=O) groups excluding carboxylic acids is 2. The van der Waals surface area contributed by atoms with Gasteiger partial charge in [-0.2, -0.15) is 13.2 Å². The Kier molecular flexibility index (Phi) is 8.87. The number of nitrogens with zero attached hydrogens (tertiary/aromatic N) is 4. The minimum atomic E-state index is -4.51. The Morgan fingerprint density at radius 1 is 1.21 bits per heavy atom. The lowest BCUT2D eigenvalue weighted by molar-refractivity contribution is -0.143. The van der Waals surface area contributed by atoms with Crippen molar-refractivity contribution >= 4 is 12.0 Å². The van der Waals surface area contributed by atoms with Crippen LogP contribution in [0.1, 0.15) is 48.9 Å². The first-order valence-corrected chi connectivity index (χ1v) is 15.5. The van der Waals surface area contributed by atoms with E-state index in [2.05, 4.69) is 15.2 Å². The third kappa shape index (κ3) is 6.36. The lowest BCUT2D eigenvalue weighted by Crippen LogP contribution is -2.52. The van der Waals surface area contributed by atoms with Gasteiger partial charge in [-0.05, 0) is 62.7 Å². The van der Waals surface area contributed by atoms with E-state index < -0.39 is 23.2 Å². The number of carbonyl (C=O) groups is 2. The summed E-state index contributed by atoms with van der Waals surface area (Å²) in [4.78, 5) is 37.3. The predicted octanol–water partition coefficient (Wildman–Crippen LogP) is 2.69. The standard InChI is InChI=1S/C30H42F3N5O5/c1-41-26-18-42-10-5-25(26)35-23-13-22-17-38(28(40)43-11-9-36-6-2-3-7-36)19-29(22,14-23)27(39)37-8-4-24-20(16-37)12-21(15-34-24)30(31,32)33/h12,15,22-23,25-26,35H,2-11,13-14,16-19H2,1H3/t22-,23+,25?,26?,29-/m0/s1. The second kappa shape index (κ2) is 12.5. The van der Waals surface area contributed by atoms with E-state index in [1.165, 1.54) is 0 Å². The molecule has 5 aliphatic rings. The average Bonchev–Trinajstić information content (AvgIpc) is 3.72. The first-order valence-electron chi connectivity index (χ1n) is 15.5. The van der Waals surface area contributed by atoms with Crippen LogP contribution in [0.2, 0.25) is 0 Å². The van der Waals surface area contributed by atoms with E-state index in [-0.39, 0.29) is 43.1 Å². The minimum Gasteiger partial charge on any atom is -0.448 e. The number of methoxy groups -OCH3 is 1. The maximum absolute atomic E-state index is 14.4. The Balaban J connectivity index is 1.18. The molecule has 0 aromatic carbocycles. The summed E-state index contributed by atoms with van der Waals surface area (Å²) in [5.74, 6) is -0.196. The van der Waals surface area contributed by atoms with Crippen LogP contribution in [-0.2, 0) is 38.1 Å². The molecule has 5 atom stereocenters. The van der Waals surface area contributed by atoms with Gasteiger partial charge in [-0.25, -0.2) is 4.79 Å². The molecule has 1 N–H and O–H groups in total. The molecule has 2 amide bonds. The van der Waals surface area contributed by atoms with E-state index in [1.54, 1.807) is 16.9 Å². The molecule has 0 radical (unpaired) electrons. The zero-order chi connectivity index (χ0) is 30.2. The number of nitrogens with one attached hydrogen (secondary N) is 1. The highest BCUT2D eigenvalue weighted by Crippen LogP contribution is 2.51. The minimum absolute atomic E-state index is 0.0404. The highest BCUT2D eigenvalue weighted by atomic mass is 19.4. The van der Waals surface area contributed by atoms with Gasteiger partial charge in [0.05, 0.1) is 23.7 Å². The highest BCUT2D eigenvalue weighted by Gasteiger charge is 2.60. The lowest BCUT2D eigenvalue weighted by atomic mass is 9.78. The van der Waals surface area contributed by atoms with Gasteiger partial charge in [0, 0.05) is 76.8 Å². The Morgan fingerprint density at radius 3 is 2.79 bits per heavy atom. The Morgan fingerprint density at radius 2 is 2.02 bits per heavy atom. The molecule has 0 bridgehead atoms. The fraction of sp³-hybridized carbons (Fsp3) is 0.767. The summed E-state index contributed by atoms with van der Waals surface area (Å²) in [6, 6.07) is 1.25. The van der Waals surface area contributed by atoms with Gasteiger partial charge in [0.15, 0.2) is 0 Å². The van der Waals surface area contributed by atoms with Crippen LogP contribution in [0, 0.1) is 11.3 Å².